The van der Waals surface area contributed by atoms with E-state index < -0.39 is 0 Å². The summed E-state index contributed by atoms with van der Waals surface area (Å²) >= 11 is 0. The van der Waals surface area contributed by atoms with E-state index in [0.717, 1.165) is 12.0 Å². The van der Waals surface area contributed by atoms with Crippen molar-refractivity contribution in [1.29, 1.82) is 0 Å². The quantitative estimate of drug-likeness (QED) is 0.884. The molecule has 1 atom stereocenters. The topological polar surface area (TPSA) is 38.3 Å². The summed E-state index contributed by atoms with van der Waals surface area (Å²) < 4.78 is 18.1. The summed E-state index contributed by atoms with van der Waals surface area (Å²) in [4.78, 5) is 11.9. The third kappa shape index (κ3) is 4.58. The molecule has 0 saturated heterocycles. The van der Waals surface area contributed by atoms with Crippen LogP contribution in [0.3, 0.4) is 0 Å². The molecule has 116 valence electrons. The lowest BCUT2D eigenvalue weighted by Crippen LogP contribution is -2.31. The molecule has 0 fully saturated rings. The lowest BCUT2D eigenvalue weighted by molar-refractivity contribution is -0.123. The van der Waals surface area contributed by atoms with E-state index in [1.807, 2.05) is 19.1 Å². The molecule has 4 heteroatoms. The highest BCUT2D eigenvalue weighted by atomic mass is 19.1. The molecular formula is C18H20FNO2. The number of amides is 1. The van der Waals surface area contributed by atoms with Gasteiger partial charge in [0.1, 0.15) is 11.6 Å². The molecule has 1 N–H and O–H groups in total. The molecule has 3 nitrogen and oxygen atoms in total. The first kappa shape index (κ1) is 16.0. The number of ether oxygens (including phenoxy) is 1. The fraction of sp³-hybridized carbons (Fsp3) is 0.278. The summed E-state index contributed by atoms with van der Waals surface area (Å²) in [6, 6.07) is 13.7. The molecule has 0 heterocycles. The molecule has 0 aliphatic rings. The molecule has 2 rings (SSSR count). The van der Waals surface area contributed by atoms with Gasteiger partial charge in [-0.25, -0.2) is 4.39 Å². The van der Waals surface area contributed by atoms with Crippen LogP contribution in [-0.2, 0) is 11.2 Å². The maximum atomic E-state index is 12.8. The third-order valence-corrected chi connectivity index (χ3v) is 3.45. The Morgan fingerprint density at radius 2 is 1.77 bits per heavy atom. The zero-order valence-corrected chi connectivity index (χ0v) is 12.8. The van der Waals surface area contributed by atoms with E-state index in [1.165, 1.54) is 29.8 Å². The van der Waals surface area contributed by atoms with Crippen LogP contribution < -0.4 is 10.1 Å². The zero-order chi connectivity index (χ0) is 15.9. The number of nitrogens with one attached hydrogen (secondary N) is 1. The molecule has 0 saturated carbocycles. The highest BCUT2D eigenvalue weighted by molar-refractivity contribution is 5.78. The van der Waals surface area contributed by atoms with Crippen molar-refractivity contribution in [3.8, 4) is 5.75 Å². The standard InChI is InChI=1S/C18H20FNO2/c1-3-14-4-6-15(7-5-14)13(2)20-18(21)12-22-17-10-8-16(19)9-11-17/h4-11,13H,3,12H2,1-2H3,(H,20,21). The van der Waals surface area contributed by atoms with Crippen molar-refractivity contribution in [2.24, 2.45) is 0 Å². The van der Waals surface area contributed by atoms with Gasteiger partial charge in [-0.3, -0.25) is 4.79 Å². The summed E-state index contributed by atoms with van der Waals surface area (Å²) in [6.07, 6.45) is 0.993. The molecule has 1 unspecified atom stereocenters. The van der Waals surface area contributed by atoms with Gasteiger partial charge in [-0.1, -0.05) is 31.2 Å². The Bertz CT molecular complexity index is 608. The van der Waals surface area contributed by atoms with Gasteiger partial charge in [0, 0.05) is 0 Å². The molecule has 0 aliphatic heterocycles. The number of rotatable bonds is 6. The monoisotopic (exact) mass is 301 g/mol. The summed E-state index contributed by atoms with van der Waals surface area (Å²) in [5.74, 6) is -0.0751. The smallest absolute Gasteiger partial charge is 0.258 e. The second-order valence-corrected chi connectivity index (χ2v) is 5.13. The van der Waals surface area contributed by atoms with Crippen LogP contribution in [0, 0.1) is 5.82 Å². The third-order valence-electron chi connectivity index (χ3n) is 3.45. The van der Waals surface area contributed by atoms with E-state index in [0.29, 0.717) is 5.75 Å². The summed E-state index contributed by atoms with van der Waals surface area (Å²) in [5, 5.41) is 2.88. The number of carbonyl (C=O) groups is 1. The van der Waals surface area contributed by atoms with Crippen LogP contribution in [-0.4, -0.2) is 12.5 Å². The van der Waals surface area contributed by atoms with E-state index in [4.69, 9.17) is 4.74 Å². The van der Waals surface area contributed by atoms with Gasteiger partial charge in [0.05, 0.1) is 6.04 Å². The number of carbonyl (C=O) groups excluding carboxylic acids is 1. The molecule has 22 heavy (non-hydrogen) atoms. The maximum absolute atomic E-state index is 12.8. The number of hydrogen-bond acceptors (Lipinski definition) is 2. The van der Waals surface area contributed by atoms with Gasteiger partial charge in [0.25, 0.3) is 5.91 Å². The highest BCUT2D eigenvalue weighted by Gasteiger charge is 2.10. The number of halogens is 1. The van der Waals surface area contributed by atoms with E-state index in [9.17, 15) is 9.18 Å². The largest absolute Gasteiger partial charge is 0.484 e. The van der Waals surface area contributed by atoms with Gasteiger partial charge in [-0.2, -0.15) is 0 Å². The Morgan fingerprint density at radius 3 is 2.36 bits per heavy atom. The fourth-order valence-corrected chi connectivity index (χ4v) is 2.09. The Kier molecular flexibility index (Phi) is 5.53. The normalized spacial score (nSPS) is 11.8. The summed E-state index contributed by atoms with van der Waals surface area (Å²) in [5.41, 5.74) is 2.31. The van der Waals surface area contributed by atoms with Crippen LogP contribution in [0.2, 0.25) is 0 Å². The van der Waals surface area contributed by atoms with Crippen molar-refractivity contribution >= 4 is 5.91 Å². The molecule has 0 aliphatic carbocycles. The van der Waals surface area contributed by atoms with Crippen LogP contribution in [0.4, 0.5) is 4.39 Å². The van der Waals surface area contributed by atoms with E-state index in [2.05, 4.69) is 24.4 Å². The highest BCUT2D eigenvalue weighted by Crippen LogP contribution is 2.14. The molecule has 1 amide bonds. The van der Waals surface area contributed by atoms with Gasteiger partial charge in [-0.15, -0.1) is 0 Å². The molecule has 0 aromatic heterocycles. The zero-order valence-electron chi connectivity index (χ0n) is 12.8. The first-order valence-electron chi connectivity index (χ1n) is 7.35. The first-order chi connectivity index (χ1) is 10.6. The SMILES string of the molecule is CCc1ccc(C(C)NC(=O)COc2ccc(F)cc2)cc1. The Morgan fingerprint density at radius 1 is 1.14 bits per heavy atom. The molecule has 2 aromatic rings. The van der Waals surface area contributed by atoms with Crippen LogP contribution in [0.15, 0.2) is 48.5 Å². The maximum Gasteiger partial charge on any atom is 0.258 e. The average Bonchev–Trinajstić information content (AvgIpc) is 2.54. The first-order valence-corrected chi connectivity index (χ1v) is 7.35. The number of hydrogen-bond donors (Lipinski definition) is 1. The summed E-state index contributed by atoms with van der Waals surface area (Å²) in [7, 11) is 0. The fourth-order valence-electron chi connectivity index (χ4n) is 2.09. The van der Waals surface area contributed by atoms with Crippen molar-refractivity contribution in [3.05, 3.63) is 65.5 Å². The van der Waals surface area contributed by atoms with Crippen molar-refractivity contribution in [2.75, 3.05) is 6.61 Å². The molecule has 0 spiro atoms. The Hall–Kier alpha value is -2.36. The molecule has 2 aromatic carbocycles. The predicted molar refractivity (Wildman–Crippen MR) is 84.3 cm³/mol. The lowest BCUT2D eigenvalue weighted by atomic mass is 10.1. The van der Waals surface area contributed by atoms with Gasteiger partial charge in [-0.05, 0) is 48.7 Å². The van der Waals surface area contributed by atoms with E-state index in [-0.39, 0.29) is 24.4 Å². The molecular weight excluding hydrogens is 281 g/mol. The summed E-state index contributed by atoms with van der Waals surface area (Å²) in [6.45, 7) is 3.94. The minimum Gasteiger partial charge on any atom is -0.484 e. The van der Waals surface area contributed by atoms with Crippen molar-refractivity contribution in [1.82, 2.24) is 5.32 Å². The minimum atomic E-state index is -0.332. The number of benzene rings is 2. The van der Waals surface area contributed by atoms with Gasteiger partial charge >= 0.3 is 0 Å². The lowest BCUT2D eigenvalue weighted by Gasteiger charge is -2.15. The minimum absolute atomic E-state index is 0.0878. The van der Waals surface area contributed by atoms with Crippen LogP contribution in [0.25, 0.3) is 0 Å². The van der Waals surface area contributed by atoms with Crippen LogP contribution >= 0.6 is 0 Å². The van der Waals surface area contributed by atoms with Gasteiger partial charge < -0.3 is 10.1 Å². The van der Waals surface area contributed by atoms with Gasteiger partial charge in [0.2, 0.25) is 0 Å². The predicted octanol–water partition coefficient (Wildman–Crippen LogP) is 3.64. The van der Waals surface area contributed by atoms with Crippen molar-refractivity contribution < 1.29 is 13.9 Å². The average molecular weight is 301 g/mol. The van der Waals surface area contributed by atoms with Gasteiger partial charge in [0.15, 0.2) is 6.61 Å². The molecule has 0 radical (unpaired) electrons. The van der Waals surface area contributed by atoms with Crippen LogP contribution in [0.5, 0.6) is 5.75 Å². The van der Waals surface area contributed by atoms with E-state index >= 15 is 0 Å². The second kappa shape index (κ2) is 7.59. The Labute approximate surface area is 130 Å². The Balaban J connectivity index is 1.83. The van der Waals surface area contributed by atoms with E-state index in [1.54, 1.807) is 0 Å². The van der Waals surface area contributed by atoms with Crippen LogP contribution in [0.1, 0.15) is 31.0 Å². The van der Waals surface area contributed by atoms with Crippen molar-refractivity contribution in [3.63, 3.8) is 0 Å². The molecule has 0 bridgehead atoms. The second-order valence-electron chi connectivity index (χ2n) is 5.13. The number of aryl methyl sites for hydroxylation is 1. The van der Waals surface area contributed by atoms with Crippen molar-refractivity contribution in [2.45, 2.75) is 26.3 Å².